The van der Waals surface area contributed by atoms with Crippen LogP contribution in [-0.2, 0) is 16.0 Å². The molecule has 6 heteroatoms. The van der Waals surface area contributed by atoms with E-state index in [1.54, 1.807) is 32.9 Å². The molecule has 0 spiro atoms. The number of carboxylic acid groups (broad SMARTS) is 1. The van der Waals surface area contributed by atoms with Crippen molar-refractivity contribution in [3.05, 3.63) is 60.2 Å². The number of halogens is 1. The van der Waals surface area contributed by atoms with E-state index in [0.717, 1.165) is 0 Å². The van der Waals surface area contributed by atoms with Crippen molar-refractivity contribution in [2.24, 2.45) is 5.41 Å². The topological polar surface area (TPSA) is 66.8 Å². The number of hydrogen-bond acceptors (Lipinski definition) is 3. The predicted molar refractivity (Wildman–Crippen MR) is 86.5 cm³/mol. The summed E-state index contributed by atoms with van der Waals surface area (Å²) < 4.78 is 18.2. The summed E-state index contributed by atoms with van der Waals surface area (Å²) in [5.74, 6) is -1.43. The largest absolute Gasteiger partial charge is 0.480 e. The third kappa shape index (κ3) is 4.22. The lowest BCUT2D eigenvalue weighted by atomic mass is 9.80. The maximum absolute atomic E-state index is 13.0. The average Bonchev–Trinajstić information content (AvgIpc) is 2.48. The van der Waals surface area contributed by atoms with E-state index in [9.17, 15) is 19.1 Å². The van der Waals surface area contributed by atoms with Gasteiger partial charge in [0.05, 0.1) is 0 Å². The van der Waals surface area contributed by atoms with Gasteiger partial charge < -0.3 is 9.84 Å². The molecule has 0 fully saturated rings. The van der Waals surface area contributed by atoms with Gasteiger partial charge in [0.25, 0.3) is 0 Å². The average molecular weight is 333 g/mol. The molecule has 0 radical (unpaired) electrons. The molecular formula is C18H20FNO4. The van der Waals surface area contributed by atoms with Gasteiger partial charge in [0.2, 0.25) is 0 Å². The molecule has 128 valence electrons. The van der Waals surface area contributed by atoms with Crippen LogP contribution in [0, 0.1) is 11.2 Å². The van der Waals surface area contributed by atoms with Crippen LogP contribution in [-0.4, -0.2) is 27.7 Å². The van der Waals surface area contributed by atoms with Gasteiger partial charge in [-0.15, -0.1) is 0 Å². The van der Waals surface area contributed by atoms with Gasteiger partial charge in [-0.3, -0.25) is 9.69 Å². The van der Waals surface area contributed by atoms with Crippen LogP contribution >= 0.6 is 0 Å². The number of carboxylic acids is 1. The highest BCUT2D eigenvalue weighted by Crippen LogP contribution is 2.31. The molecule has 1 aliphatic rings. The molecule has 0 saturated carbocycles. The molecule has 0 unspecified atom stereocenters. The van der Waals surface area contributed by atoms with Crippen molar-refractivity contribution in [2.75, 3.05) is 0 Å². The number of carbonyl (C=O) groups is 2. The maximum Gasteiger partial charge on any atom is 0.418 e. The smallest absolute Gasteiger partial charge is 0.418 e. The minimum absolute atomic E-state index is 0.151. The third-order valence-corrected chi connectivity index (χ3v) is 3.48. The Bertz CT molecular complexity index is 672. The molecule has 0 atom stereocenters. The third-order valence-electron chi connectivity index (χ3n) is 3.48. The summed E-state index contributed by atoms with van der Waals surface area (Å²) in [7, 11) is 0. The number of rotatable bonds is 3. The van der Waals surface area contributed by atoms with E-state index in [1.807, 2.05) is 0 Å². The maximum atomic E-state index is 13.0. The van der Waals surface area contributed by atoms with Crippen LogP contribution in [0.15, 0.2) is 48.8 Å². The minimum atomic E-state index is -1.30. The Hall–Kier alpha value is -2.63. The van der Waals surface area contributed by atoms with Crippen LogP contribution in [0.2, 0.25) is 0 Å². The highest BCUT2D eigenvalue weighted by atomic mass is 19.1. The Kier molecular flexibility index (Phi) is 4.78. The number of carbonyl (C=O) groups excluding carboxylic acids is 1. The van der Waals surface area contributed by atoms with Gasteiger partial charge in [0.15, 0.2) is 0 Å². The Labute approximate surface area is 140 Å². The summed E-state index contributed by atoms with van der Waals surface area (Å²) in [5.41, 5.74) is -1.26. The lowest BCUT2D eigenvalue weighted by Gasteiger charge is -2.29. The number of ether oxygens (including phenoxy) is 1. The van der Waals surface area contributed by atoms with Crippen LogP contribution < -0.4 is 0 Å². The van der Waals surface area contributed by atoms with E-state index in [0.29, 0.717) is 5.56 Å². The van der Waals surface area contributed by atoms with Gasteiger partial charge in [-0.25, -0.2) is 9.18 Å². The first kappa shape index (κ1) is 17.7. The summed E-state index contributed by atoms with van der Waals surface area (Å²) in [4.78, 5) is 24.9. The van der Waals surface area contributed by atoms with Crippen LogP contribution in [0.4, 0.5) is 9.18 Å². The van der Waals surface area contributed by atoms with E-state index in [4.69, 9.17) is 4.74 Å². The second-order valence-electron chi connectivity index (χ2n) is 6.67. The molecule has 0 aliphatic carbocycles. The van der Waals surface area contributed by atoms with Gasteiger partial charge in [-0.1, -0.05) is 12.1 Å². The van der Waals surface area contributed by atoms with E-state index >= 15 is 0 Å². The normalized spacial score (nSPS) is 16.1. The van der Waals surface area contributed by atoms with Gasteiger partial charge in [0, 0.05) is 12.4 Å². The van der Waals surface area contributed by atoms with Crippen molar-refractivity contribution in [3.8, 4) is 0 Å². The van der Waals surface area contributed by atoms with Crippen molar-refractivity contribution in [2.45, 2.75) is 32.8 Å². The van der Waals surface area contributed by atoms with Gasteiger partial charge in [-0.2, -0.15) is 0 Å². The van der Waals surface area contributed by atoms with Crippen molar-refractivity contribution >= 4 is 12.1 Å². The van der Waals surface area contributed by atoms with Crippen molar-refractivity contribution < 1.29 is 23.8 Å². The Morgan fingerprint density at radius 1 is 1.17 bits per heavy atom. The summed E-state index contributed by atoms with van der Waals surface area (Å²) >= 11 is 0. The standard InChI is InChI=1S/C18H20FNO4/c1-17(2,3)24-16(23)20-10-8-18(9-11-20,15(21)22)12-13-4-6-14(19)7-5-13/h4-11H,12H2,1-3H3,(H,21,22). The van der Waals surface area contributed by atoms with Crippen LogP contribution in [0.3, 0.4) is 0 Å². The molecule has 0 aromatic heterocycles. The quantitative estimate of drug-likeness (QED) is 0.915. The van der Waals surface area contributed by atoms with Gasteiger partial charge in [0.1, 0.15) is 16.8 Å². The van der Waals surface area contributed by atoms with Crippen molar-refractivity contribution in [1.29, 1.82) is 0 Å². The van der Waals surface area contributed by atoms with Crippen molar-refractivity contribution in [3.63, 3.8) is 0 Å². The Balaban J connectivity index is 2.17. The predicted octanol–water partition coefficient (Wildman–Crippen LogP) is 3.72. The summed E-state index contributed by atoms with van der Waals surface area (Å²) in [5, 5.41) is 9.60. The first-order valence-corrected chi connectivity index (χ1v) is 7.49. The van der Waals surface area contributed by atoms with Gasteiger partial charge in [-0.05, 0) is 57.0 Å². The first-order valence-electron chi connectivity index (χ1n) is 7.49. The molecule has 1 aromatic rings. The Morgan fingerprint density at radius 3 is 2.17 bits per heavy atom. The van der Waals surface area contributed by atoms with E-state index in [-0.39, 0.29) is 12.2 Å². The van der Waals surface area contributed by atoms with Gasteiger partial charge >= 0.3 is 12.1 Å². The minimum Gasteiger partial charge on any atom is -0.480 e. The molecule has 0 saturated heterocycles. The van der Waals surface area contributed by atoms with Crippen LogP contribution in [0.5, 0.6) is 0 Å². The van der Waals surface area contributed by atoms with E-state index in [1.165, 1.54) is 41.6 Å². The molecule has 5 nitrogen and oxygen atoms in total. The van der Waals surface area contributed by atoms with E-state index < -0.39 is 23.1 Å². The number of benzene rings is 1. The second-order valence-corrected chi connectivity index (χ2v) is 6.67. The molecule has 1 amide bonds. The SMILES string of the molecule is CC(C)(C)OC(=O)N1C=CC(Cc2ccc(F)cc2)(C(=O)O)C=C1. The fourth-order valence-electron chi connectivity index (χ4n) is 2.24. The lowest BCUT2D eigenvalue weighted by Crippen LogP contribution is -2.36. The van der Waals surface area contributed by atoms with Crippen LogP contribution in [0.25, 0.3) is 0 Å². The molecule has 24 heavy (non-hydrogen) atoms. The molecule has 1 N–H and O–H groups in total. The number of amides is 1. The molecule has 1 aromatic carbocycles. The first-order chi connectivity index (χ1) is 11.1. The second kappa shape index (κ2) is 6.47. The molecule has 0 bridgehead atoms. The fraction of sp³-hybridized carbons (Fsp3) is 0.333. The highest BCUT2D eigenvalue weighted by Gasteiger charge is 2.36. The number of aliphatic carboxylic acids is 1. The molecular weight excluding hydrogens is 313 g/mol. The zero-order chi connectivity index (χ0) is 18.0. The van der Waals surface area contributed by atoms with E-state index in [2.05, 4.69) is 0 Å². The van der Waals surface area contributed by atoms with Crippen molar-refractivity contribution in [1.82, 2.24) is 4.90 Å². The summed E-state index contributed by atoms with van der Waals surface area (Å²) in [6, 6.07) is 5.66. The summed E-state index contributed by atoms with van der Waals surface area (Å²) in [6.07, 6.45) is 5.19. The lowest BCUT2D eigenvalue weighted by molar-refractivity contribution is -0.143. The Morgan fingerprint density at radius 2 is 1.71 bits per heavy atom. The fourth-order valence-corrected chi connectivity index (χ4v) is 2.24. The number of nitrogens with zero attached hydrogens (tertiary/aromatic N) is 1. The van der Waals surface area contributed by atoms with Crippen LogP contribution in [0.1, 0.15) is 26.3 Å². The molecule has 1 aliphatic heterocycles. The summed E-state index contributed by atoms with van der Waals surface area (Å²) in [6.45, 7) is 5.25. The number of hydrogen-bond donors (Lipinski definition) is 1. The molecule has 1 heterocycles. The zero-order valence-corrected chi connectivity index (χ0v) is 13.8. The molecule has 2 rings (SSSR count). The monoisotopic (exact) mass is 333 g/mol. The zero-order valence-electron chi connectivity index (χ0n) is 13.8. The highest BCUT2D eigenvalue weighted by molar-refractivity contribution is 5.81.